The van der Waals surface area contributed by atoms with E-state index in [-0.39, 0.29) is 5.78 Å². The zero-order chi connectivity index (χ0) is 12.3. The number of piperidine rings is 1. The van der Waals surface area contributed by atoms with Crippen LogP contribution in [0.2, 0.25) is 0 Å². The summed E-state index contributed by atoms with van der Waals surface area (Å²) in [4.78, 5) is 11.9. The van der Waals surface area contributed by atoms with Gasteiger partial charge in [0.05, 0.1) is 7.11 Å². The van der Waals surface area contributed by atoms with Gasteiger partial charge in [0, 0.05) is 29.8 Å². The van der Waals surface area contributed by atoms with Crippen molar-refractivity contribution in [3.05, 3.63) is 47.6 Å². The van der Waals surface area contributed by atoms with Gasteiger partial charge in [-0.1, -0.05) is 24.8 Å². The molecule has 3 nitrogen and oxygen atoms in total. The van der Waals surface area contributed by atoms with E-state index in [2.05, 4.69) is 11.9 Å². The minimum atomic E-state index is 0.0367. The number of methoxy groups -OCH3 is 1. The highest BCUT2D eigenvalue weighted by Crippen LogP contribution is 2.22. The molecule has 0 amide bonds. The van der Waals surface area contributed by atoms with E-state index in [0.29, 0.717) is 18.7 Å². The molecule has 1 aliphatic heterocycles. The third-order valence-electron chi connectivity index (χ3n) is 2.74. The maximum absolute atomic E-state index is 11.9. The van der Waals surface area contributed by atoms with E-state index in [0.717, 1.165) is 16.9 Å². The Morgan fingerprint density at radius 3 is 2.88 bits per heavy atom. The van der Waals surface area contributed by atoms with Crippen LogP contribution < -0.4 is 10.1 Å². The Balaban J connectivity index is 2.35. The van der Waals surface area contributed by atoms with E-state index in [4.69, 9.17) is 4.74 Å². The highest BCUT2D eigenvalue weighted by atomic mass is 16.5. The van der Waals surface area contributed by atoms with Crippen molar-refractivity contribution in [2.75, 3.05) is 20.2 Å². The average Bonchev–Trinajstić information content (AvgIpc) is 2.35. The Morgan fingerprint density at radius 2 is 2.12 bits per heavy atom. The van der Waals surface area contributed by atoms with Crippen LogP contribution in [-0.4, -0.2) is 26.0 Å². The number of ether oxygens (including phenoxy) is 1. The summed E-state index contributed by atoms with van der Waals surface area (Å²) in [5, 5.41) is 3.14. The molecule has 1 aromatic rings. The first-order valence-corrected chi connectivity index (χ1v) is 5.49. The molecule has 2 rings (SSSR count). The molecule has 17 heavy (non-hydrogen) atoms. The number of hydrogen-bond donors (Lipinski definition) is 1. The summed E-state index contributed by atoms with van der Waals surface area (Å²) in [7, 11) is 1.62. The zero-order valence-electron chi connectivity index (χ0n) is 9.82. The Morgan fingerprint density at radius 1 is 1.35 bits per heavy atom. The van der Waals surface area contributed by atoms with E-state index in [1.54, 1.807) is 7.11 Å². The lowest BCUT2D eigenvalue weighted by atomic mass is 9.98. The molecule has 0 bridgehead atoms. The fraction of sp³-hybridized carbons (Fsp3) is 0.214. The molecule has 0 spiro atoms. The first-order valence-electron chi connectivity index (χ1n) is 5.49. The third-order valence-corrected chi connectivity index (χ3v) is 2.74. The summed E-state index contributed by atoms with van der Waals surface area (Å²) < 4.78 is 5.25. The van der Waals surface area contributed by atoms with Gasteiger partial charge in [0.15, 0.2) is 5.78 Å². The minimum Gasteiger partial charge on any atom is -0.496 e. The van der Waals surface area contributed by atoms with E-state index >= 15 is 0 Å². The van der Waals surface area contributed by atoms with Gasteiger partial charge in [0.1, 0.15) is 5.75 Å². The predicted molar refractivity (Wildman–Crippen MR) is 68.0 cm³/mol. The van der Waals surface area contributed by atoms with Crippen LogP contribution in [0.1, 0.15) is 5.56 Å². The Bertz CT molecular complexity index is 489. The number of carbonyl (C=O) groups excluding carboxylic acids is 1. The lowest BCUT2D eigenvalue weighted by Gasteiger charge is -2.17. The van der Waals surface area contributed by atoms with Gasteiger partial charge in [-0.2, -0.15) is 0 Å². The molecule has 1 aromatic carbocycles. The minimum absolute atomic E-state index is 0.0367. The van der Waals surface area contributed by atoms with E-state index < -0.39 is 0 Å². The molecule has 0 unspecified atom stereocenters. The van der Waals surface area contributed by atoms with Gasteiger partial charge in [-0.15, -0.1) is 0 Å². The molecule has 0 atom stereocenters. The maximum Gasteiger partial charge on any atom is 0.187 e. The topological polar surface area (TPSA) is 38.3 Å². The van der Waals surface area contributed by atoms with Gasteiger partial charge >= 0.3 is 0 Å². The predicted octanol–water partition coefficient (Wildman–Crippen LogP) is 1.81. The Labute approximate surface area is 101 Å². The van der Waals surface area contributed by atoms with Gasteiger partial charge < -0.3 is 10.1 Å². The van der Waals surface area contributed by atoms with Crippen molar-refractivity contribution in [3.8, 4) is 5.75 Å². The molecule has 1 aliphatic rings. The molecule has 1 fully saturated rings. The second-order valence-electron chi connectivity index (χ2n) is 3.95. The van der Waals surface area contributed by atoms with Crippen LogP contribution in [0.5, 0.6) is 5.75 Å². The number of rotatable bonds is 2. The van der Waals surface area contributed by atoms with Crippen LogP contribution in [0, 0.1) is 0 Å². The molecular weight excluding hydrogens is 214 g/mol. The zero-order valence-corrected chi connectivity index (χ0v) is 9.82. The van der Waals surface area contributed by atoms with Gasteiger partial charge in [-0.05, 0) is 12.1 Å². The molecule has 0 radical (unpaired) electrons. The van der Waals surface area contributed by atoms with Crippen molar-refractivity contribution in [2.24, 2.45) is 0 Å². The number of hydrogen-bond acceptors (Lipinski definition) is 3. The van der Waals surface area contributed by atoms with E-state index in [1.165, 1.54) is 0 Å². The lowest BCUT2D eigenvalue weighted by molar-refractivity contribution is -0.112. The molecular formula is C14H15NO2. The van der Waals surface area contributed by atoms with Crippen molar-refractivity contribution in [1.82, 2.24) is 5.32 Å². The van der Waals surface area contributed by atoms with Crippen LogP contribution in [0.15, 0.2) is 42.0 Å². The molecule has 1 N–H and O–H groups in total. The van der Waals surface area contributed by atoms with Crippen molar-refractivity contribution in [3.63, 3.8) is 0 Å². The van der Waals surface area contributed by atoms with Crippen LogP contribution in [0.25, 0.3) is 6.08 Å². The summed E-state index contributed by atoms with van der Waals surface area (Å²) in [5.74, 6) is 0.804. The Hall–Kier alpha value is -1.87. The SMILES string of the molecule is C=C1CNCC(=Cc2ccccc2OC)C1=O. The number of carbonyl (C=O) groups is 1. The van der Waals surface area contributed by atoms with E-state index in [1.807, 2.05) is 30.3 Å². The number of ketones is 1. The molecule has 88 valence electrons. The smallest absolute Gasteiger partial charge is 0.187 e. The highest BCUT2D eigenvalue weighted by Gasteiger charge is 2.18. The Kier molecular flexibility index (Phi) is 3.40. The highest BCUT2D eigenvalue weighted by molar-refractivity contribution is 6.12. The van der Waals surface area contributed by atoms with E-state index in [9.17, 15) is 4.79 Å². The van der Waals surface area contributed by atoms with Gasteiger partial charge in [-0.25, -0.2) is 0 Å². The first-order chi connectivity index (χ1) is 8.22. The molecule has 0 aliphatic carbocycles. The number of para-hydroxylation sites is 1. The standard InChI is InChI=1S/C14H15NO2/c1-10-8-15-9-12(14(10)16)7-11-5-3-4-6-13(11)17-2/h3-7,15H,1,8-9H2,2H3. The maximum atomic E-state index is 11.9. The van der Waals surface area contributed by atoms with Crippen molar-refractivity contribution >= 4 is 11.9 Å². The normalized spacial score (nSPS) is 18.5. The number of nitrogens with one attached hydrogen (secondary N) is 1. The van der Waals surface area contributed by atoms with Crippen molar-refractivity contribution in [2.45, 2.75) is 0 Å². The third kappa shape index (κ3) is 2.45. The van der Waals surface area contributed by atoms with Gasteiger partial charge in [-0.3, -0.25) is 4.79 Å². The molecule has 0 saturated carbocycles. The molecule has 3 heteroatoms. The average molecular weight is 229 g/mol. The largest absolute Gasteiger partial charge is 0.496 e. The number of Topliss-reactive ketones (excluding diaryl/α,β-unsaturated/α-hetero) is 1. The van der Waals surface area contributed by atoms with Gasteiger partial charge in [0.2, 0.25) is 0 Å². The van der Waals surface area contributed by atoms with Crippen LogP contribution in [0.3, 0.4) is 0 Å². The van der Waals surface area contributed by atoms with Crippen molar-refractivity contribution in [1.29, 1.82) is 0 Å². The summed E-state index contributed by atoms with van der Waals surface area (Å²) >= 11 is 0. The molecule has 1 saturated heterocycles. The fourth-order valence-electron chi connectivity index (χ4n) is 1.83. The molecule has 1 heterocycles. The summed E-state index contributed by atoms with van der Waals surface area (Å²) in [6, 6.07) is 7.63. The lowest BCUT2D eigenvalue weighted by Crippen LogP contribution is -2.32. The fourth-order valence-corrected chi connectivity index (χ4v) is 1.83. The second kappa shape index (κ2) is 4.97. The quantitative estimate of drug-likeness (QED) is 0.786. The van der Waals surface area contributed by atoms with Crippen molar-refractivity contribution < 1.29 is 9.53 Å². The van der Waals surface area contributed by atoms with Crippen LogP contribution in [0.4, 0.5) is 0 Å². The number of benzene rings is 1. The summed E-state index contributed by atoms with van der Waals surface area (Å²) in [6.45, 7) is 4.90. The van der Waals surface area contributed by atoms with Crippen LogP contribution in [-0.2, 0) is 4.79 Å². The van der Waals surface area contributed by atoms with Crippen LogP contribution >= 0.6 is 0 Å². The first kappa shape index (κ1) is 11.6. The molecule has 0 aromatic heterocycles. The second-order valence-corrected chi connectivity index (χ2v) is 3.95. The summed E-state index contributed by atoms with van der Waals surface area (Å²) in [6.07, 6.45) is 1.86. The monoisotopic (exact) mass is 229 g/mol. The summed E-state index contributed by atoms with van der Waals surface area (Å²) in [5.41, 5.74) is 2.25. The van der Waals surface area contributed by atoms with Gasteiger partial charge in [0.25, 0.3) is 0 Å².